The van der Waals surface area contributed by atoms with Crippen LogP contribution in [0.15, 0.2) is 0 Å². The molecule has 8 heteroatoms. The number of hydrogen-bond donors (Lipinski definition) is 2. The van der Waals surface area contributed by atoms with Crippen molar-refractivity contribution < 1.29 is 38.9 Å². The van der Waals surface area contributed by atoms with Crippen molar-refractivity contribution in [3.05, 3.63) is 0 Å². The zero-order chi connectivity index (χ0) is 16.7. The second-order valence-corrected chi connectivity index (χ2v) is 6.62. The van der Waals surface area contributed by atoms with Crippen LogP contribution in [-0.4, -0.2) is 47.3 Å². The van der Waals surface area contributed by atoms with Gasteiger partial charge in [-0.05, 0) is 24.2 Å². The Balaban J connectivity index is 1.92. The van der Waals surface area contributed by atoms with Gasteiger partial charge in [0.15, 0.2) is 0 Å². The normalized spacial score (nSPS) is 43.7. The Bertz CT molecular complexity index is 532. The summed E-state index contributed by atoms with van der Waals surface area (Å²) in [4.78, 5) is 44.2. The monoisotopic (exact) mass is 326 g/mol. The van der Waals surface area contributed by atoms with Gasteiger partial charge in [0.05, 0.1) is 5.92 Å². The summed E-state index contributed by atoms with van der Waals surface area (Å²) in [5, 5.41) is 18.6. The number of rotatable bonds is 7. The van der Waals surface area contributed by atoms with E-state index in [1.54, 1.807) is 0 Å². The van der Waals surface area contributed by atoms with Gasteiger partial charge in [0.1, 0.15) is 12.2 Å². The van der Waals surface area contributed by atoms with Crippen molar-refractivity contribution in [2.24, 2.45) is 35.5 Å². The van der Waals surface area contributed by atoms with Gasteiger partial charge in [-0.15, -0.1) is 0 Å². The minimum atomic E-state index is -1.03. The number of aliphatic carboxylic acids is 2. The highest BCUT2D eigenvalue weighted by Crippen LogP contribution is 2.64. The molecule has 0 saturated heterocycles. The van der Waals surface area contributed by atoms with E-state index in [0.29, 0.717) is 25.8 Å². The van der Waals surface area contributed by atoms with Crippen LogP contribution in [-0.2, 0) is 28.7 Å². The zero-order valence-corrected chi connectivity index (χ0v) is 12.2. The van der Waals surface area contributed by atoms with Crippen molar-refractivity contribution >= 4 is 24.9 Å². The van der Waals surface area contributed by atoms with Gasteiger partial charge >= 0.3 is 11.9 Å². The highest BCUT2D eigenvalue weighted by atomic mass is 16.5. The van der Waals surface area contributed by atoms with Crippen LogP contribution in [0.3, 0.4) is 0 Å². The van der Waals surface area contributed by atoms with Crippen LogP contribution in [0.2, 0.25) is 0 Å². The molecule has 0 aliphatic heterocycles. The van der Waals surface area contributed by atoms with Crippen LogP contribution in [0.1, 0.15) is 19.3 Å². The summed E-state index contributed by atoms with van der Waals surface area (Å²) >= 11 is 0. The Hall–Kier alpha value is -2.12. The van der Waals surface area contributed by atoms with E-state index < -0.39 is 36.0 Å². The SMILES string of the molecule is O=COC1CC(OC=O)C2C3CC(C(CC(=O)O)C3C(=O)O)C12. The molecule has 2 N–H and O–H groups in total. The molecule has 0 aromatic heterocycles. The van der Waals surface area contributed by atoms with Crippen molar-refractivity contribution in [3.8, 4) is 0 Å². The first-order valence-electron chi connectivity index (χ1n) is 7.62. The van der Waals surface area contributed by atoms with Gasteiger partial charge in [-0.25, -0.2) is 0 Å². The Morgan fingerprint density at radius 1 is 0.957 bits per heavy atom. The molecule has 3 fully saturated rings. The van der Waals surface area contributed by atoms with E-state index in [0.717, 1.165) is 0 Å². The van der Waals surface area contributed by atoms with Crippen molar-refractivity contribution in [2.45, 2.75) is 31.5 Å². The number of hydrogen-bond acceptors (Lipinski definition) is 6. The lowest BCUT2D eigenvalue weighted by Crippen LogP contribution is -2.43. The maximum absolute atomic E-state index is 11.7. The average Bonchev–Trinajstić information content (AvgIpc) is 3.10. The smallest absolute Gasteiger partial charge is 0.307 e. The average molecular weight is 326 g/mol. The zero-order valence-electron chi connectivity index (χ0n) is 12.2. The largest absolute Gasteiger partial charge is 0.481 e. The molecule has 8 nitrogen and oxygen atoms in total. The predicted octanol–water partition coefficient (Wildman–Crippen LogP) is 0.147. The second-order valence-electron chi connectivity index (χ2n) is 6.62. The van der Waals surface area contributed by atoms with Crippen LogP contribution in [0, 0.1) is 35.5 Å². The summed E-state index contributed by atoms with van der Waals surface area (Å²) in [6, 6.07) is 0. The third-order valence-electron chi connectivity index (χ3n) is 5.93. The minimum Gasteiger partial charge on any atom is -0.481 e. The molecule has 2 bridgehead atoms. The minimum absolute atomic E-state index is 0.143. The van der Waals surface area contributed by atoms with Crippen molar-refractivity contribution in [1.82, 2.24) is 0 Å². The molecule has 0 spiro atoms. The van der Waals surface area contributed by atoms with Crippen LogP contribution in [0.5, 0.6) is 0 Å². The van der Waals surface area contributed by atoms with E-state index in [4.69, 9.17) is 14.6 Å². The molecule has 23 heavy (non-hydrogen) atoms. The summed E-state index contributed by atoms with van der Waals surface area (Å²) in [6.07, 6.45) is -0.240. The molecule has 0 amide bonds. The summed E-state index contributed by atoms with van der Waals surface area (Å²) < 4.78 is 10.2. The quantitative estimate of drug-likeness (QED) is 0.633. The van der Waals surface area contributed by atoms with Gasteiger partial charge < -0.3 is 19.7 Å². The standard InChI is InChI=1S/C15H18O8/c16-4-22-9-3-10(23-5-17)14-8-1-6(13(9)14)7(2-11(18)19)12(8)15(20)21/h4-10,12-14H,1-3H2,(H,18,19)(H,20,21). The molecule has 0 heterocycles. The molecule has 8 unspecified atom stereocenters. The lowest BCUT2D eigenvalue weighted by molar-refractivity contribution is -0.153. The molecule has 3 aliphatic rings. The van der Waals surface area contributed by atoms with Crippen LogP contribution >= 0.6 is 0 Å². The van der Waals surface area contributed by atoms with Crippen molar-refractivity contribution in [2.75, 3.05) is 0 Å². The van der Waals surface area contributed by atoms with E-state index in [2.05, 4.69) is 0 Å². The molecule has 3 aliphatic carbocycles. The first-order valence-corrected chi connectivity index (χ1v) is 7.62. The van der Waals surface area contributed by atoms with Gasteiger partial charge in [0.25, 0.3) is 12.9 Å². The molecule has 3 rings (SSSR count). The summed E-state index contributed by atoms with van der Waals surface area (Å²) in [6.45, 7) is 0.680. The van der Waals surface area contributed by atoms with Crippen LogP contribution in [0.4, 0.5) is 0 Å². The molecule has 126 valence electrons. The van der Waals surface area contributed by atoms with Gasteiger partial charge in [-0.3, -0.25) is 19.2 Å². The number of fused-ring (bicyclic) bond motifs is 5. The molecule has 0 aromatic carbocycles. The highest BCUT2D eigenvalue weighted by molar-refractivity contribution is 5.74. The van der Waals surface area contributed by atoms with E-state index in [1.165, 1.54) is 0 Å². The third kappa shape index (κ3) is 2.36. The fourth-order valence-electron chi connectivity index (χ4n) is 5.50. The van der Waals surface area contributed by atoms with E-state index >= 15 is 0 Å². The molecule has 0 aromatic rings. The number of carbonyl (C=O) groups excluding carboxylic acids is 2. The summed E-state index contributed by atoms with van der Waals surface area (Å²) in [5.74, 6) is -4.02. The van der Waals surface area contributed by atoms with E-state index in [9.17, 15) is 24.3 Å². The number of carboxylic acids is 2. The van der Waals surface area contributed by atoms with E-state index in [1.807, 2.05) is 0 Å². The van der Waals surface area contributed by atoms with Crippen molar-refractivity contribution in [1.29, 1.82) is 0 Å². The van der Waals surface area contributed by atoms with E-state index in [-0.39, 0.29) is 30.1 Å². The lowest BCUT2D eigenvalue weighted by atomic mass is 9.67. The maximum atomic E-state index is 11.7. The van der Waals surface area contributed by atoms with Crippen molar-refractivity contribution in [3.63, 3.8) is 0 Å². The fourth-order valence-corrected chi connectivity index (χ4v) is 5.50. The summed E-state index contributed by atoms with van der Waals surface area (Å²) in [7, 11) is 0. The van der Waals surface area contributed by atoms with Gasteiger partial charge in [0.2, 0.25) is 0 Å². The third-order valence-corrected chi connectivity index (χ3v) is 5.93. The molecular formula is C15H18O8. The molecule has 0 radical (unpaired) electrons. The maximum Gasteiger partial charge on any atom is 0.307 e. The fraction of sp³-hybridized carbons (Fsp3) is 0.733. The predicted molar refractivity (Wildman–Crippen MR) is 71.9 cm³/mol. The van der Waals surface area contributed by atoms with Crippen LogP contribution < -0.4 is 0 Å². The first kappa shape index (κ1) is 15.8. The topological polar surface area (TPSA) is 127 Å². The number of carbonyl (C=O) groups is 4. The van der Waals surface area contributed by atoms with Gasteiger partial charge in [-0.2, -0.15) is 0 Å². The van der Waals surface area contributed by atoms with Gasteiger partial charge in [0, 0.05) is 24.7 Å². The molecule has 8 atom stereocenters. The Morgan fingerprint density at radius 2 is 1.52 bits per heavy atom. The Labute approximate surface area is 131 Å². The van der Waals surface area contributed by atoms with Gasteiger partial charge in [-0.1, -0.05) is 0 Å². The highest BCUT2D eigenvalue weighted by Gasteiger charge is 2.67. The summed E-state index contributed by atoms with van der Waals surface area (Å²) in [5.41, 5.74) is 0. The molecule has 3 saturated carbocycles. The number of ether oxygens (including phenoxy) is 2. The lowest BCUT2D eigenvalue weighted by Gasteiger charge is -2.37. The van der Waals surface area contributed by atoms with Crippen LogP contribution in [0.25, 0.3) is 0 Å². The number of carboxylic acid groups (broad SMARTS) is 2. The second kappa shape index (κ2) is 5.82. The Kier molecular flexibility index (Phi) is 3.99. The molecular weight excluding hydrogens is 308 g/mol. The first-order chi connectivity index (χ1) is 11.0. The Morgan fingerprint density at radius 3 is 2.00 bits per heavy atom.